The first-order valence-electron chi connectivity index (χ1n) is 9.69. The number of fused-ring (bicyclic) bond motifs is 1. The van der Waals surface area contributed by atoms with E-state index >= 15 is 0 Å². The van der Waals surface area contributed by atoms with E-state index in [-0.39, 0.29) is 29.3 Å². The maximum absolute atomic E-state index is 13.4. The number of amides is 1. The van der Waals surface area contributed by atoms with Crippen LogP contribution in [-0.2, 0) is 4.79 Å². The molecule has 5 rings (SSSR count). The molecule has 2 aliphatic rings. The number of carbonyl (C=O) groups excluding carboxylic acids is 1. The number of carbonyl (C=O) groups is 1. The Morgan fingerprint density at radius 1 is 1.16 bits per heavy atom. The van der Waals surface area contributed by atoms with Crippen LogP contribution < -0.4 is 15.0 Å². The van der Waals surface area contributed by atoms with Crippen LogP contribution in [0.1, 0.15) is 0 Å². The number of halogens is 3. The first-order valence-corrected chi connectivity index (χ1v) is 10.4. The fourth-order valence-corrected chi connectivity index (χ4v) is 4.14. The molecule has 1 aromatic heterocycles. The molecule has 2 aromatic carbocycles. The van der Waals surface area contributed by atoms with Gasteiger partial charge in [-0.3, -0.25) is 4.79 Å². The van der Waals surface area contributed by atoms with Gasteiger partial charge in [0.15, 0.2) is 6.61 Å². The van der Waals surface area contributed by atoms with Crippen LogP contribution in [0.5, 0.6) is 5.75 Å². The van der Waals surface area contributed by atoms with Crippen molar-refractivity contribution >= 4 is 35.1 Å². The van der Waals surface area contributed by atoms with E-state index in [1.54, 1.807) is 12.1 Å². The van der Waals surface area contributed by atoms with E-state index in [4.69, 9.17) is 32.4 Å². The van der Waals surface area contributed by atoms with Gasteiger partial charge in [0.05, 0.1) is 5.02 Å². The van der Waals surface area contributed by atoms with Crippen molar-refractivity contribution in [1.29, 1.82) is 0 Å². The zero-order chi connectivity index (χ0) is 21.5. The van der Waals surface area contributed by atoms with Crippen molar-refractivity contribution in [2.45, 2.75) is 6.04 Å². The number of benzene rings is 2. The summed E-state index contributed by atoms with van der Waals surface area (Å²) in [7, 11) is 0. The number of hydrogen-bond donors (Lipinski definition) is 1. The summed E-state index contributed by atoms with van der Waals surface area (Å²) >= 11 is 11.5. The van der Waals surface area contributed by atoms with Gasteiger partial charge in [-0.25, -0.2) is 4.39 Å². The molecule has 1 aliphatic heterocycles. The fourth-order valence-electron chi connectivity index (χ4n) is 3.89. The number of piperidine rings is 1. The Bertz CT molecular complexity index is 1110. The van der Waals surface area contributed by atoms with E-state index in [2.05, 4.69) is 15.5 Å². The molecule has 0 bridgehead atoms. The third-order valence-corrected chi connectivity index (χ3v) is 6.12. The predicted octanol–water partition coefficient (Wildman–Crippen LogP) is 3.81. The molecule has 2 atom stereocenters. The highest BCUT2D eigenvalue weighted by Crippen LogP contribution is 2.46. The van der Waals surface area contributed by atoms with E-state index in [0.29, 0.717) is 28.8 Å². The number of anilines is 1. The molecule has 1 amide bonds. The normalized spacial score (nSPS) is 21.6. The van der Waals surface area contributed by atoms with Crippen molar-refractivity contribution in [2.24, 2.45) is 11.8 Å². The van der Waals surface area contributed by atoms with E-state index in [1.165, 1.54) is 12.1 Å². The van der Waals surface area contributed by atoms with Gasteiger partial charge in [-0.15, -0.1) is 5.10 Å². The molecule has 0 radical (unpaired) electrons. The third kappa shape index (κ3) is 4.18. The molecule has 2 fully saturated rings. The summed E-state index contributed by atoms with van der Waals surface area (Å²) in [6, 6.07) is 11.8. The summed E-state index contributed by atoms with van der Waals surface area (Å²) in [5, 5.41) is 11.9. The average molecular weight is 463 g/mol. The van der Waals surface area contributed by atoms with Crippen LogP contribution in [0.4, 0.5) is 10.4 Å². The highest BCUT2D eigenvalue weighted by molar-refractivity contribution is 6.31. The molecule has 1 aliphatic carbocycles. The lowest BCUT2D eigenvalue weighted by Crippen LogP contribution is -2.37. The number of aromatic nitrogens is 2. The van der Waals surface area contributed by atoms with Crippen molar-refractivity contribution < 1.29 is 18.3 Å². The number of ether oxygens (including phenoxy) is 1. The van der Waals surface area contributed by atoms with Gasteiger partial charge in [-0.1, -0.05) is 28.3 Å². The first kappa shape index (κ1) is 20.1. The fraction of sp³-hybridized carbons (Fsp3) is 0.286. The van der Waals surface area contributed by atoms with Gasteiger partial charge in [-0.05, 0) is 36.4 Å². The Labute approximate surface area is 187 Å². The molecule has 2 heterocycles. The lowest BCUT2D eigenvalue weighted by molar-refractivity contribution is -0.123. The Morgan fingerprint density at radius 3 is 2.61 bits per heavy atom. The number of nitrogens with zero attached hydrogens (tertiary/aromatic N) is 3. The Morgan fingerprint density at radius 2 is 1.90 bits per heavy atom. The molecule has 2 unspecified atom stereocenters. The second kappa shape index (κ2) is 8.01. The summed E-state index contributed by atoms with van der Waals surface area (Å²) in [6.45, 7) is 1.26. The monoisotopic (exact) mass is 462 g/mol. The van der Waals surface area contributed by atoms with Gasteiger partial charge >= 0.3 is 6.01 Å². The third-order valence-electron chi connectivity index (χ3n) is 5.56. The molecule has 31 heavy (non-hydrogen) atoms. The average Bonchev–Trinajstić information content (AvgIpc) is 3.15. The first-order chi connectivity index (χ1) is 15.0. The minimum absolute atomic E-state index is 0.00805. The standard InChI is InChI=1S/C21H17Cl2FN4O3/c22-12-3-1-11(2-4-12)20-26-27-21(31-20)28-8-14-15(9-28)19(14)25-18(29)10-30-13-5-6-16(23)17(24)7-13/h1-7,14-15,19H,8-10H2,(H,25,29). The van der Waals surface area contributed by atoms with Crippen molar-refractivity contribution in [1.82, 2.24) is 15.5 Å². The molecule has 1 N–H and O–H groups in total. The smallest absolute Gasteiger partial charge is 0.318 e. The van der Waals surface area contributed by atoms with E-state index in [0.717, 1.165) is 24.7 Å². The van der Waals surface area contributed by atoms with E-state index in [1.807, 2.05) is 17.0 Å². The molecule has 1 saturated carbocycles. The summed E-state index contributed by atoms with van der Waals surface area (Å²) in [4.78, 5) is 14.2. The molecule has 7 nitrogen and oxygen atoms in total. The van der Waals surface area contributed by atoms with Crippen LogP contribution in [-0.4, -0.2) is 41.8 Å². The van der Waals surface area contributed by atoms with Crippen LogP contribution in [0.3, 0.4) is 0 Å². The lowest BCUT2D eigenvalue weighted by atomic mass is 10.2. The predicted molar refractivity (Wildman–Crippen MR) is 113 cm³/mol. The quantitative estimate of drug-likeness (QED) is 0.599. The van der Waals surface area contributed by atoms with Crippen LogP contribution in [0.2, 0.25) is 10.0 Å². The van der Waals surface area contributed by atoms with Gasteiger partial charge < -0.3 is 19.4 Å². The highest BCUT2D eigenvalue weighted by Gasteiger charge is 2.57. The number of hydrogen-bond acceptors (Lipinski definition) is 6. The minimum Gasteiger partial charge on any atom is -0.484 e. The zero-order valence-corrected chi connectivity index (χ0v) is 17.6. The topological polar surface area (TPSA) is 80.5 Å². The molecule has 0 spiro atoms. The Balaban J connectivity index is 1.11. The molecule has 1 saturated heterocycles. The molecule has 160 valence electrons. The minimum atomic E-state index is -0.586. The van der Waals surface area contributed by atoms with E-state index in [9.17, 15) is 9.18 Å². The Hall–Kier alpha value is -2.84. The SMILES string of the molecule is O=C(COc1ccc(Cl)c(F)c1)NC1C2CN(c3nnc(-c4ccc(Cl)cc4)o3)CC21. The van der Waals surface area contributed by atoms with Gasteiger partial charge in [0.2, 0.25) is 5.89 Å². The molecular formula is C21H17Cl2FN4O3. The second-order valence-corrected chi connectivity index (χ2v) is 8.43. The number of nitrogens with one attached hydrogen (secondary N) is 1. The van der Waals surface area contributed by atoms with Crippen molar-refractivity contribution in [3.63, 3.8) is 0 Å². The van der Waals surface area contributed by atoms with Crippen LogP contribution in [0.15, 0.2) is 46.9 Å². The van der Waals surface area contributed by atoms with E-state index < -0.39 is 5.82 Å². The van der Waals surface area contributed by atoms with Crippen LogP contribution in [0.25, 0.3) is 11.5 Å². The van der Waals surface area contributed by atoms with Crippen LogP contribution in [0, 0.1) is 17.7 Å². The van der Waals surface area contributed by atoms with Gasteiger partial charge in [0, 0.05) is 47.6 Å². The van der Waals surface area contributed by atoms with Crippen LogP contribution >= 0.6 is 23.2 Å². The van der Waals surface area contributed by atoms with Crippen molar-refractivity contribution in [3.8, 4) is 17.2 Å². The second-order valence-electron chi connectivity index (χ2n) is 7.59. The maximum Gasteiger partial charge on any atom is 0.318 e. The molecular weight excluding hydrogens is 446 g/mol. The van der Waals surface area contributed by atoms with Crippen molar-refractivity contribution in [3.05, 3.63) is 58.3 Å². The largest absolute Gasteiger partial charge is 0.484 e. The summed E-state index contributed by atoms with van der Waals surface area (Å²) in [6.07, 6.45) is 0. The molecule has 3 aromatic rings. The van der Waals surface area contributed by atoms with Gasteiger partial charge in [0.25, 0.3) is 5.91 Å². The Kier molecular flexibility index (Phi) is 5.19. The summed E-state index contributed by atoms with van der Waals surface area (Å²) in [5.41, 5.74) is 0.804. The van der Waals surface area contributed by atoms with Gasteiger partial charge in [-0.2, -0.15) is 0 Å². The maximum atomic E-state index is 13.4. The number of rotatable bonds is 6. The molecule has 10 heteroatoms. The summed E-state index contributed by atoms with van der Waals surface area (Å²) in [5.74, 6) is 0.506. The van der Waals surface area contributed by atoms with Gasteiger partial charge in [0.1, 0.15) is 11.6 Å². The zero-order valence-electron chi connectivity index (χ0n) is 16.1. The highest BCUT2D eigenvalue weighted by atomic mass is 35.5. The van der Waals surface area contributed by atoms with Crippen molar-refractivity contribution in [2.75, 3.05) is 24.6 Å². The summed E-state index contributed by atoms with van der Waals surface area (Å²) < 4.78 is 24.6. The lowest BCUT2D eigenvalue weighted by Gasteiger charge is -2.17.